The molecule has 0 aliphatic heterocycles. The number of rotatable bonds is 4. The van der Waals surface area contributed by atoms with Crippen molar-refractivity contribution < 1.29 is 8.78 Å². The maximum absolute atomic E-state index is 13.3. The van der Waals surface area contributed by atoms with Gasteiger partial charge in [-0.2, -0.15) is 0 Å². The van der Waals surface area contributed by atoms with Gasteiger partial charge in [0.05, 0.1) is 6.04 Å². The molecule has 2 aromatic rings. The maximum atomic E-state index is 13.3. The van der Waals surface area contributed by atoms with Crippen LogP contribution in [-0.2, 0) is 0 Å². The van der Waals surface area contributed by atoms with Crippen LogP contribution in [0.25, 0.3) is 0 Å². The van der Waals surface area contributed by atoms with Gasteiger partial charge < -0.3 is 11.1 Å². The van der Waals surface area contributed by atoms with Gasteiger partial charge in [0.1, 0.15) is 11.6 Å². The van der Waals surface area contributed by atoms with E-state index < -0.39 is 0 Å². The molecule has 0 fully saturated rings. The van der Waals surface area contributed by atoms with Gasteiger partial charge in [-0.05, 0) is 48.4 Å². The Hall–Kier alpha value is -1.94. The first kappa shape index (κ1) is 13.5. The molecule has 0 bridgehead atoms. The molecule has 0 amide bonds. The first-order valence-electron chi connectivity index (χ1n) is 6.08. The van der Waals surface area contributed by atoms with Crippen LogP contribution in [0.2, 0.25) is 0 Å². The van der Waals surface area contributed by atoms with Crippen molar-refractivity contribution in [3.05, 3.63) is 65.2 Å². The van der Waals surface area contributed by atoms with Crippen molar-refractivity contribution in [2.24, 2.45) is 5.73 Å². The molecular formula is C15H16F2N2. The number of nitrogens with two attached hydrogens (primary N) is 1. The zero-order chi connectivity index (χ0) is 13.8. The van der Waals surface area contributed by atoms with Crippen LogP contribution in [0.4, 0.5) is 14.5 Å². The highest BCUT2D eigenvalue weighted by atomic mass is 19.1. The number of halogens is 2. The molecule has 0 radical (unpaired) electrons. The monoisotopic (exact) mass is 262 g/mol. The van der Waals surface area contributed by atoms with Crippen molar-refractivity contribution >= 4 is 5.69 Å². The van der Waals surface area contributed by atoms with E-state index in [1.54, 1.807) is 18.2 Å². The van der Waals surface area contributed by atoms with E-state index in [1.165, 1.54) is 24.3 Å². The fourth-order valence-electron chi connectivity index (χ4n) is 2.03. The van der Waals surface area contributed by atoms with E-state index in [9.17, 15) is 8.78 Å². The summed E-state index contributed by atoms with van der Waals surface area (Å²) in [5.41, 5.74) is 8.08. The van der Waals surface area contributed by atoms with Crippen molar-refractivity contribution in [1.29, 1.82) is 0 Å². The van der Waals surface area contributed by atoms with Crippen LogP contribution in [0.15, 0.2) is 42.5 Å². The third kappa shape index (κ3) is 3.29. The first-order chi connectivity index (χ1) is 9.10. The molecule has 2 aromatic carbocycles. The van der Waals surface area contributed by atoms with Gasteiger partial charge in [0.15, 0.2) is 0 Å². The van der Waals surface area contributed by atoms with Gasteiger partial charge in [0, 0.05) is 12.2 Å². The summed E-state index contributed by atoms with van der Waals surface area (Å²) in [4.78, 5) is 0. The summed E-state index contributed by atoms with van der Waals surface area (Å²) >= 11 is 0. The van der Waals surface area contributed by atoms with E-state index in [0.717, 1.165) is 11.1 Å². The summed E-state index contributed by atoms with van der Waals surface area (Å²) < 4.78 is 26.5. The van der Waals surface area contributed by atoms with Crippen LogP contribution < -0.4 is 11.1 Å². The Balaban J connectivity index is 2.27. The summed E-state index contributed by atoms with van der Waals surface area (Å²) in [6.45, 7) is 2.19. The van der Waals surface area contributed by atoms with E-state index >= 15 is 0 Å². The van der Waals surface area contributed by atoms with Gasteiger partial charge >= 0.3 is 0 Å². The summed E-state index contributed by atoms with van der Waals surface area (Å²) in [6, 6.07) is 10.4. The third-order valence-corrected chi connectivity index (χ3v) is 3.02. The molecule has 100 valence electrons. The van der Waals surface area contributed by atoms with Crippen LogP contribution in [0.1, 0.15) is 17.2 Å². The smallest absolute Gasteiger partial charge is 0.125 e. The molecule has 0 heterocycles. The Morgan fingerprint density at radius 3 is 2.53 bits per heavy atom. The molecule has 0 aliphatic rings. The van der Waals surface area contributed by atoms with Crippen LogP contribution in [-0.4, -0.2) is 6.54 Å². The normalized spacial score (nSPS) is 12.2. The Bertz CT molecular complexity index is 570. The molecule has 0 aliphatic carbocycles. The zero-order valence-electron chi connectivity index (χ0n) is 10.7. The quantitative estimate of drug-likeness (QED) is 0.886. The summed E-state index contributed by atoms with van der Waals surface area (Å²) in [5.74, 6) is -0.628. The van der Waals surface area contributed by atoms with E-state index in [4.69, 9.17) is 5.73 Å². The fourth-order valence-corrected chi connectivity index (χ4v) is 2.03. The second-order valence-corrected chi connectivity index (χ2v) is 4.44. The number of aryl methyl sites for hydroxylation is 1. The molecular weight excluding hydrogens is 246 g/mol. The van der Waals surface area contributed by atoms with E-state index in [0.29, 0.717) is 12.2 Å². The predicted octanol–water partition coefficient (Wildman–Crippen LogP) is 3.39. The van der Waals surface area contributed by atoms with Gasteiger partial charge in [-0.25, -0.2) is 8.78 Å². The lowest BCUT2D eigenvalue weighted by molar-refractivity contribution is 0.620. The lowest BCUT2D eigenvalue weighted by atomic mass is 10.0. The van der Waals surface area contributed by atoms with Gasteiger partial charge in [0.25, 0.3) is 0 Å². The lowest BCUT2D eigenvalue weighted by Gasteiger charge is -2.20. The third-order valence-electron chi connectivity index (χ3n) is 3.02. The van der Waals surface area contributed by atoms with Crippen molar-refractivity contribution in [2.45, 2.75) is 13.0 Å². The van der Waals surface area contributed by atoms with E-state index in [2.05, 4.69) is 5.32 Å². The van der Waals surface area contributed by atoms with Gasteiger partial charge in [-0.1, -0.05) is 12.1 Å². The molecule has 0 aromatic heterocycles. The van der Waals surface area contributed by atoms with Crippen LogP contribution in [0.5, 0.6) is 0 Å². The van der Waals surface area contributed by atoms with Crippen LogP contribution in [0, 0.1) is 18.6 Å². The number of hydrogen-bond donors (Lipinski definition) is 2. The maximum Gasteiger partial charge on any atom is 0.125 e. The Morgan fingerprint density at radius 2 is 1.84 bits per heavy atom. The molecule has 2 rings (SSSR count). The number of nitrogens with one attached hydrogen (secondary N) is 1. The Labute approximate surface area is 111 Å². The van der Waals surface area contributed by atoms with Crippen molar-refractivity contribution in [2.75, 3.05) is 11.9 Å². The number of anilines is 1. The first-order valence-corrected chi connectivity index (χ1v) is 6.08. The predicted molar refractivity (Wildman–Crippen MR) is 73.0 cm³/mol. The molecule has 1 atom stereocenters. The van der Waals surface area contributed by atoms with E-state index in [1.807, 2.05) is 6.92 Å². The SMILES string of the molecule is Cc1ccc(F)cc1C(CN)Nc1cccc(F)c1. The van der Waals surface area contributed by atoms with Gasteiger partial charge in [-0.3, -0.25) is 0 Å². The molecule has 1 unspecified atom stereocenters. The molecule has 0 saturated heterocycles. The number of hydrogen-bond acceptors (Lipinski definition) is 2. The lowest BCUT2D eigenvalue weighted by Crippen LogP contribution is -2.21. The molecule has 0 saturated carbocycles. The average Bonchev–Trinajstić information content (AvgIpc) is 2.39. The second-order valence-electron chi connectivity index (χ2n) is 4.44. The summed E-state index contributed by atoms with van der Waals surface area (Å²) in [7, 11) is 0. The minimum atomic E-state index is -0.322. The van der Waals surface area contributed by atoms with Crippen molar-refractivity contribution in [3.8, 4) is 0 Å². The van der Waals surface area contributed by atoms with Crippen LogP contribution in [0.3, 0.4) is 0 Å². The highest BCUT2D eigenvalue weighted by Crippen LogP contribution is 2.23. The second kappa shape index (κ2) is 5.80. The van der Waals surface area contributed by atoms with Gasteiger partial charge in [-0.15, -0.1) is 0 Å². The minimum Gasteiger partial charge on any atom is -0.377 e. The topological polar surface area (TPSA) is 38.0 Å². The minimum absolute atomic E-state index is 0.252. The highest BCUT2D eigenvalue weighted by Gasteiger charge is 2.13. The van der Waals surface area contributed by atoms with E-state index in [-0.39, 0.29) is 17.7 Å². The average molecular weight is 262 g/mol. The van der Waals surface area contributed by atoms with Crippen LogP contribution >= 0.6 is 0 Å². The zero-order valence-corrected chi connectivity index (χ0v) is 10.7. The molecule has 2 nitrogen and oxygen atoms in total. The Kier molecular flexibility index (Phi) is 4.12. The summed E-state index contributed by atoms with van der Waals surface area (Å²) in [6.07, 6.45) is 0. The van der Waals surface area contributed by atoms with Crippen molar-refractivity contribution in [3.63, 3.8) is 0 Å². The molecule has 19 heavy (non-hydrogen) atoms. The molecule has 0 spiro atoms. The fraction of sp³-hybridized carbons (Fsp3) is 0.200. The highest BCUT2D eigenvalue weighted by molar-refractivity contribution is 5.47. The summed E-state index contributed by atoms with van der Waals surface area (Å²) in [5, 5.41) is 3.12. The van der Waals surface area contributed by atoms with Crippen molar-refractivity contribution in [1.82, 2.24) is 0 Å². The number of benzene rings is 2. The molecule has 4 heteroatoms. The Morgan fingerprint density at radius 1 is 1.11 bits per heavy atom. The van der Waals surface area contributed by atoms with Gasteiger partial charge in [0.2, 0.25) is 0 Å². The molecule has 3 N–H and O–H groups in total. The standard InChI is InChI=1S/C15H16F2N2/c1-10-5-6-12(17)8-14(10)15(9-18)19-13-4-2-3-11(16)7-13/h2-8,15,19H,9,18H2,1H3. The largest absolute Gasteiger partial charge is 0.377 e.